The first-order chi connectivity index (χ1) is 12.2. The largest absolute Gasteiger partial charge is 0.356 e. The van der Waals surface area contributed by atoms with Gasteiger partial charge in [0.15, 0.2) is 0 Å². The lowest BCUT2D eigenvalue weighted by Crippen LogP contribution is -2.26. The van der Waals surface area contributed by atoms with Gasteiger partial charge in [-0.1, -0.05) is 37.3 Å². The van der Waals surface area contributed by atoms with Crippen molar-refractivity contribution in [2.45, 2.75) is 25.7 Å². The van der Waals surface area contributed by atoms with Gasteiger partial charge in [-0.3, -0.25) is 9.78 Å². The minimum absolute atomic E-state index is 0.0825. The number of nitrogens with zero attached hydrogens (tertiary/aromatic N) is 2. The molecule has 5 heteroatoms. The first kappa shape index (κ1) is 17.3. The molecule has 128 valence electrons. The average molecular weight is 351 g/mol. The van der Waals surface area contributed by atoms with E-state index in [1.807, 2.05) is 41.9 Å². The second-order valence-corrected chi connectivity index (χ2v) is 6.86. The maximum absolute atomic E-state index is 12.1. The van der Waals surface area contributed by atoms with Gasteiger partial charge in [-0.2, -0.15) is 0 Å². The molecular weight excluding hydrogens is 330 g/mol. The number of carbonyl (C=O) groups excluding carboxylic acids is 1. The van der Waals surface area contributed by atoms with E-state index in [1.165, 1.54) is 5.56 Å². The summed E-state index contributed by atoms with van der Waals surface area (Å²) in [6, 6.07) is 14.0. The van der Waals surface area contributed by atoms with Crippen molar-refractivity contribution in [3.63, 3.8) is 0 Å². The Morgan fingerprint density at radius 2 is 2.04 bits per heavy atom. The maximum Gasteiger partial charge on any atom is 0.220 e. The van der Waals surface area contributed by atoms with Gasteiger partial charge in [0.05, 0.1) is 5.69 Å². The molecule has 0 saturated heterocycles. The fourth-order valence-electron chi connectivity index (χ4n) is 2.62. The van der Waals surface area contributed by atoms with Gasteiger partial charge >= 0.3 is 0 Å². The van der Waals surface area contributed by atoms with Crippen LogP contribution in [0.1, 0.15) is 30.5 Å². The minimum Gasteiger partial charge on any atom is -0.356 e. The molecule has 0 saturated carbocycles. The topological polar surface area (TPSA) is 54.9 Å². The van der Waals surface area contributed by atoms with Crippen LogP contribution < -0.4 is 5.32 Å². The van der Waals surface area contributed by atoms with Gasteiger partial charge in [-0.15, -0.1) is 11.3 Å². The highest BCUT2D eigenvalue weighted by Crippen LogP contribution is 2.22. The predicted molar refractivity (Wildman–Crippen MR) is 102 cm³/mol. The molecule has 0 spiro atoms. The summed E-state index contributed by atoms with van der Waals surface area (Å²) in [5, 5.41) is 6.00. The third kappa shape index (κ3) is 4.97. The van der Waals surface area contributed by atoms with Crippen LogP contribution in [0.25, 0.3) is 10.6 Å². The summed E-state index contributed by atoms with van der Waals surface area (Å²) in [6.07, 6.45) is 4.81. The van der Waals surface area contributed by atoms with Crippen molar-refractivity contribution in [1.82, 2.24) is 15.3 Å². The van der Waals surface area contributed by atoms with Crippen molar-refractivity contribution in [1.29, 1.82) is 0 Å². The lowest BCUT2D eigenvalue weighted by Gasteiger charge is -2.11. The van der Waals surface area contributed by atoms with Gasteiger partial charge < -0.3 is 5.32 Å². The predicted octanol–water partition coefficient (Wildman–Crippen LogP) is 4.06. The average Bonchev–Trinajstić information content (AvgIpc) is 3.12. The Morgan fingerprint density at radius 1 is 1.20 bits per heavy atom. The van der Waals surface area contributed by atoms with E-state index in [2.05, 4.69) is 34.3 Å². The molecule has 1 N–H and O–H groups in total. The lowest BCUT2D eigenvalue weighted by atomic mass is 9.97. The van der Waals surface area contributed by atoms with E-state index in [9.17, 15) is 4.79 Å². The van der Waals surface area contributed by atoms with Crippen LogP contribution in [-0.2, 0) is 11.2 Å². The molecule has 1 aromatic carbocycles. The van der Waals surface area contributed by atoms with Crippen LogP contribution >= 0.6 is 11.3 Å². The number of pyridine rings is 1. The molecule has 2 aromatic heterocycles. The first-order valence-corrected chi connectivity index (χ1v) is 9.27. The Balaban J connectivity index is 1.45. The first-order valence-electron chi connectivity index (χ1n) is 8.39. The standard InChI is InChI=1S/C20H21N3OS/c1-15(16-6-3-2-4-7-16)12-19(24)22-11-9-18-14-25-20(23-18)17-8-5-10-21-13-17/h2-8,10,13-15H,9,11-12H2,1H3,(H,22,24). The highest BCUT2D eigenvalue weighted by Gasteiger charge is 2.11. The number of amides is 1. The SMILES string of the molecule is CC(CC(=O)NCCc1csc(-c2cccnc2)n1)c1ccccc1. The molecule has 1 atom stereocenters. The van der Waals surface area contributed by atoms with Crippen molar-refractivity contribution in [3.8, 4) is 10.6 Å². The second kappa shape index (κ2) is 8.53. The number of rotatable bonds is 7. The zero-order chi connectivity index (χ0) is 17.5. The Hall–Kier alpha value is -2.53. The van der Waals surface area contributed by atoms with Gasteiger partial charge in [-0.25, -0.2) is 4.98 Å². The zero-order valence-electron chi connectivity index (χ0n) is 14.2. The lowest BCUT2D eigenvalue weighted by molar-refractivity contribution is -0.121. The monoisotopic (exact) mass is 351 g/mol. The van der Waals surface area contributed by atoms with E-state index in [0.717, 1.165) is 22.7 Å². The number of nitrogens with one attached hydrogen (secondary N) is 1. The Bertz CT molecular complexity index is 802. The van der Waals surface area contributed by atoms with Crippen molar-refractivity contribution >= 4 is 17.2 Å². The van der Waals surface area contributed by atoms with Crippen LogP contribution in [-0.4, -0.2) is 22.4 Å². The molecule has 1 amide bonds. The molecule has 25 heavy (non-hydrogen) atoms. The van der Waals surface area contributed by atoms with Gasteiger partial charge in [0.2, 0.25) is 5.91 Å². The molecule has 0 aliphatic carbocycles. The van der Waals surface area contributed by atoms with Gasteiger partial charge in [-0.05, 0) is 23.6 Å². The van der Waals surface area contributed by atoms with Crippen LogP contribution in [0, 0.1) is 0 Å². The molecule has 3 rings (SSSR count). The maximum atomic E-state index is 12.1. The van der Waals surface area contributed by atoms with Gasteiger partial charge in [0.25, 0.3) is 0 Å². The van der Waals surface area contributed by atoms with Crippen LogP contribution in [0.4, 0.5) is 0 Å². The fourth-order valence-corrected chi connectivity index (χ4v) is 3.47. The van der Waals surface area contributed by atoms with E-state index in [1.54, 1.807) is 17.5 Å². The molecule has 1 unspecified atom stereocenters. The number of benzene rings is 1. The molecule has 0 radical (unpaired) electrons. The van der Waals surface area contributed by atoms with E-state index in [-0.39, 0.29) is 11.8 Å². The highest BCUT2D eigenvalue weighted by atomic mass is 32.1. The summed E-state index contributed by atoms with van der Waals surface area (Å²) in [4.78, 5) is 20.8. The molecular formula is C20H21N3OS. The molecule has 0 bridgehead atoms. The van der Waals surface area contributed by atoms with Crippen molar-refractivity contribution < 1.29 is 4.79 Å². The minimum atomic E-state index is 0.0825. The third-order valence-corrected chi connectivity index (χ3v) is 4.96. The van der Waals surface area contributed by atoms with Gasteiger partial charge in [0.1, 0.15) is 5.01 Å². The van der Waals surface area contributed by atoms with Crippen molar-refractivity contribution in [2.75, 3.05) is 6.54 Å². The number of aromatic nitrogens is 2. The smallest absolute Gasteiger partial charge is 0.220 e. The van der Waals surface area contributed by atoms with Crippen LogP contribution in [0.2, 0.25) is 0 Å². The molecule has 0 aliphatic heterocycles. The molecule has 3 aromatic rings. The van der Waals surface area contributed by atoms with Gasteiger partial charge in [0, 0.05) is 42.7 Å². The highest BCUT2D eigenvalue weighted by molar-refractivity contribution is 7.13. The number of hydrogen-bond donors (Lipinski definition) is 1. The summed E-state index contributed by atoms with van der Waals surface area (Å²) in [5.41, 5.74) is 3.22. The zero-order valence-corrected chi connectivity index (χ0v) is 15.0. The quantitative estimate of drug-likeness (QED) is 0.698. The molecule has 4 nitrogen and oxygen atoms in total. The Kier molecular flexibility index (Phi) is 5.90. The third-order valence-electron chi connectivity index (χ3n) is 4.02. The Morgan fingerprint density at radius 3 is 2.80 bits per heavy atom. The van der Waals surface area contributed by atoms with Crippen LogP contribution in [0.15, 0.2) is 60.2 Å². The molecule has 0 aliphatic rings. The van der Waals surface area contributed by atoms with Crippen molar-refractivity contribution in [2.24, 2.45) is 0 Å². The number of hydrogen-bond acceptors (Lipinski definition) is 4. The summed E-state index contributed by atoms with van der Waals surface area (Å²) in [6.45, 7) is 2.69. The summed E-state index contributed by atoms with van der Waals surface area (Å²) >= 11 is 1.61. The fraction of sp³-hybridized carbons (Fsp3) is 0.250. The number of carbonyl (C=O) groups is 1. The van der Waals surface area contributed by atoms with E-state index >= 15 is 0 Å². The number of thiazole rings is 1. The van der Waals surface area contributed by atoms with E-state index < -0.39 is 0 Å². The summed E-state index contributed by atoms with van der Waals surface area (Å²) in [7, 11) is 0. The molecule has 0 fully saturated rings. The van der Waals surface area contributed by atoms with E-state index in [0.29, 0.717) is 13.0 Å². The second-order valence-electron chi connectivity index (χ2n) is 6.00. The Labute approximate surface area is 152 Å². The van der Waals surface area contributed by atoms with E-state index in [4.69, 9.17) is 0 Å². The summed E-state index contributed by atoms with van der Waals surface area (Å²) in [5.74, 6) is 0.303. The van der Waals surface area contributed by atoms with Crippen molar-refractivity contribution in [3.05, 3.63) is 71.5 Å². The van der Waals surface area contributed by atoms with Crippen LogP contribution in [0.3, 0.4) is 0 Å². The normalized spacial score (nSPS) is 11.9. The summed E-state index contributed by atoms with van der Waals surface area (Å²) < 4.78 is 0. The van der Waals surface area contributed by atoms with Crippen LogP contribution in [0.5, 0.6) is 0 Å². The molecule has 2 heterocycles.